The third-order valence-electron chi connectivity index (χ3n) is 3.69. The molecule has 1 aromatic heterocycles. The summed E-state index contributed by atoms with van der Waals surface area (Å²) in [6, 6.07) is 9.76. The van der Waals surface area contributed by atoms with Crippen LogP contribution in [0.25, 0.3) is 10.9 Å². The van der Waals surface area contributed by atoms with Crippen molar-refractivity contribution in [3.05, 3.63) is 42.1 Å². The van der Waals surface area contributed by atoms with Gasteiger partial charge in [0, 0.05) is 23.6 Å². The average Bonchev–Trinajstić information content (AvgIpc) is 2.50. The van der Waals surface area contributed by atoms with E-state index >= 15 is 0 Å². The monoisotopic (exact) mass is 269 g/mol. The lowest BCUT2D eigenvalue weighted by atomic mass is 10.0. The molecular formula is C18H23NO. The number of rotatable bonds is 8. The molecule has 2 heteroatoms. The summed E-state index contributed by atoms with van der Waals surface area (Å²) in [6.07, 6.45) is 9.65. The first-order chi connectivity index (χ1) is 9.83. The van der Waals surface area contributed by atoms with Gasteiger partial charge in [-0.15, -0.1) is 0 Å². The van der Waals surface area contributed by atoms with E-state index in [1.165, 1.54) is 25.7 Å². The Kier molecular flexibility index (Phi) is 5.72. The first kappa shape index (κ1) is 14.7. The van der Waals surface area contributed by atoms with Crippen molar-refractivity contribution in [3.63, 3.8) is 0 Å². The molecule has 0 N–H and O–H groups in total. The lowest BCUT2D eigenvalue weighted by Gasteiger charge is -2.05. The number of fused-ring (bicyclic) bond motifs is 1. The van der Waals surface area contributed by atoms with Gasteiger partial charge in [-0.3, -0.25) is 9.78 Å². The van der Waals surface area contributed by atoms with E-state index in [2.05, 4.69) is 11.9 Å². The predicted octanol–water partition coefficient (Wildman–Crippen LogP) is 5.17. The number of para-hydroxylation sites is 1. The summed E-state index contributed by atoms with van der Waals surface area (Å²) in [5, 5.41) is 1.04. The molecule has 106 valence electrons. The number of carbonyl (C=O) groups excluding carboxylic acids is 1. The van der Waals surface area contributed by atoms with E-state index in [4.69, 9.17) is 0 Å². The Labute approximate surface area is 121 Å². The highest BCUT2D eigenvalue weighted by Gasteiger charge is 2.10. The van der Waals surface area contributed by atoms with Gasteiger partial charge in [-0.05, 0) is 18.6 Å². The molecule has 2 nitrogen and oxygen atoms in total. The maximum Gasteiger partial charge on any atom is 0.165 e. The molecule has 1 aromatic carbocycles. The van der Waals surface area contributed by atoms with Gasteiger partial charge in [0.25, 0.3) is 0 Å². The Morgan fingerprint density at radius 2 is 1.75 bits per heavy atom. The molecule has 1 heterocycles. The molecule has 20 heavy (non-hydrogen) atoms. The summed E-state index contributed by atoms with van der Waals surface area (Å²) in [5.41, 5.74) is 1.61. The van der Waals surface area contributed by atoms with Gasteiger partial charge in [0.1, 0.15) is 0 Å². The number of hydrogen-bond acceptors (Lipinski definition) is 2. The van der Waals surface area contributed by atoms with Crippen molar-refractivity contribution in [2.24, 2.45) is 0 Å². The van der Waals surface area contributed by atoms with Gasteiger partial charge in [0.05, 0.1) is 5.52 Å². The van der Waals surface area contributed by atoms with Crippen LogP contribution >= 0.6 is 0 Å². The van der Waals surface area contributed by atoms with Gasteiger partial charge in [0.2, 0.25) is 0 Å². The number of aromatic nitrogens is 1. The molecule has 0 aliphatic rings. The normalized spacial score (nSPS) is 10.8. The number of benzene rings is 1. The number of Topliss-reactive ketones (excluding diaryl/α,β-unsaturated/α-hetero) is 1. The lowest BCUT2D eigenvalue weighted by Crippen LogP contribution is -2.01. The van der Waals surface area contributed by atoms with Crippen LogP contribution in [0, 0.1) is 0 Å². The van der Waals surface area contributed by atoms with Crippen LogP contribution < -0.4 is 0 Å². The van der Waals surface area contributed by atoms with Crippen molar-refractivity contribution in [2.45, 2.75) is 51.9 Å². The first-order valence-electron chi connectivity index (χ1n) is 7.70. The van der Waals surface area contributed by atoms with Crippen molar-refractivity contribution in [2.75, 3.05) is 0 Å². The average molecular weight is 269 g/mol. The summed E-state index contributed by atoms with van der Waals surface area (Å²) in [6.45, 7) is 2.22. The number of pyridine rings is 1. The second-order valence-electron chi connectivity index (χ2n) is 5.32. The third-order valence-corrected chi connectivity index (χ3v) is 3.69. The van der Waals surface area contributed by atoms with Gasteiger partial charge >= 0.3 is 0 Å². The van der Waals surface area contributed by atoms with E-state index in [0.717, 1.165) is 29.3 Å². The number of ketones is 1. The van der Waals surface area contributed by atoms with Crippen LogP contribution in [0.1, 0.15) is 62.2 Å². The topological polar surface area (TPSA) is 30.0 Å². The van der Waals surface area contributed by atoms with Crippen molar-refractivity contribution in [3.8, 4) is 0 Å². The molecule has 0 saturated heterocycles. The van der Waals surface area contributed by atoms with Crippen LogP contribution in [0.15, 0.2) is 36.5 Å². The lowest BCUT2D eigenvalue weighted by molar-refractivity contribution is 0.0980. The quantitative estimate of drug-likeness (QED) is 0.489. The van der Waals surface area contributed by atoms with Gasteiger partial charge < -0.3 is 0 Å². The molecule has 0 atom stereocenters. The fourth-order valence-electron chi connectivity index (χ4n) is 2.53. The SMILES string of the molecule is CCCCCCCCC(=O)c1cccc2cccnc12. The zero-order valence-electron chi connectivity index (χ0n) is 12.3. The van der Waals surface area contributed by atoms with Crippen molar-refractivity contribution in [1.29, 1.82) is 0 Å². The predicted molar refractivity (Wildman–Crippen MR) is 84.1 cm³/mol. The van der Waals surface area contributed by atoms with Crippen LogP contribution in [0.5, 0.6) is 0 Å². The highest BCUT2D eigenvalue weighted by Crippen LogP contribution is 2.18. The van der Waals surface area contributed by atoms with Crippen LogP contribution in [0.4, 0.5) is 0 Å². The molecule has 2 aromatic rings. The largest absolute Gasteiger partial charge is 0.294 e. The molecule has 0 radical (unpaired) electrons. The fourth-order valence-corrected chi connectivity index (χ4v) is 2.53. The minimum Gasteiger partial charge on any atom is -0.294 e. The minimum atomic E-state index is 0.227. The molecule has 0 aliphatic heterocycles. The maximum absolute atomic E-state index is 12.3. The second kappa shape index (κ2) is 7.78. The van der Waals surface area contributed by atoms with Crippen molar-refractivity contribution in [1.82, 2.24) is 4.98 Å². The summed E-state index contributed by atoms with van der Waals surface area (Å²) in [5.74, 6) is 0.227. The minimum absolute atomic E-state index is 0.227. The van der Waals surface area contributed by atoms with E-state index in [1.807, 2.05) is 30.3 Å². The summed E-state index contributed by atoms with van der Waals surface area (Å²) in [7, 11) is 0. The zero-order valence-corrected chi connectivity index (χ0v) is 12.3. The van der Waals surface area contributed by atoms with E-state index < -0.39 is 0 Å². The molecule has 0 saturated carbocycles. The van der Waals surface area contributed by atoms with E-state index in [1.54, 1.807) is 6.20 Å². The highest BCUT2D eigenvalue weighted by atomic mass is 16.1. The fraction of sp³-hybridized carbons (Fsp3) is 0.444. The standard InChI is InChI=1S/C18H23NO/c1-2-3-4-5-6-7-13-17(20)16-12-8-10-15-11-9-14-19-18(15)16/h8-12,14H,2-7,13H2,1H3. The smallest absolute Gasteiger partial charge is 0.165 e. The highest BCUT2D eigenvalue weighted by molar-refractivity contribution is 6.06. The van der Waals surface area contributed by atoms with Gasteiger partial charge in [-0.25, -0.2) is 0 Å². The van der Waals surface area contributed by atoms with Crippen molar-refractivity contribution >= 4 is 16.7 Å². The summed E-state index contributed by atoms with van der Waals surface area (Å²) in [4.78, 5) is 16.7. The van der Waals surface area contributed by atoms with Gasteiger partial charge in [-0.2, -0.15) is 0 Å². The van der Waals surface area contributed by atoms with Crippen LogP contribution in [0.2, 0.25) is 0 Å². The molecule has 0 unspecified atom stereocenters. The molecule has 0 aliphatic carbocycles. The zero-order chi connectivity index (χ0) is 14.2. The molecule has 2 rings (SSSR count). The van der Waals surface area contributed by atoms with E-state index in [0.29, 0.717) is 6.42 Å². The molecular weight excluding hydrogens is 246 g/mol. The number of carbonyl (C=O) groups is 1. The summed E-state index contributed by atoms with van der Waals surface area (Å²) < 4.78 is 0. The Morgan fingerprint density at radius 1 is 1.00 bits per heavy atom. The number of hydrogen-bond donors (Lipinski definition) is 0. The molecule has 0 bridgehead atoms. The molecule has 0 amide bonds. The number of nitrogens with zero attached hydrogens (tertiary/aromatic N) is 1. The van der Waals surface area contributed by atoms with Gasteiger partial charge in [-0.1, -0.05) is 57.2 Å². The maximum atomic E-state index is 12.3. The van der Waals surface area contributed by atoms with Crippen LogP contribution in [0.3, 0.4) is 0 Å². The molecule has 0 spiro atoms. The first-order valence-corrected chi connectivity index (χ1v) is 7.70. The Bertz CT molecular complexity index is 557. The Morgan fingerprint density at radius 3 is 2.60 bits per heavy atom. The molecule has 0 fully saturated rings. The number of unbranched alkanes of at least 4 members (excludes halogenated alkanes) is 5. The van der Waals surface area contributed by atoms with Crippen LogP contribution in [-0.2, 0) is 0 Å². The van der Waals surface area contributed by atoms with Crippen LogP contribution in [-0.4, -0.2) is 10.8 Å². The van der Waals surface area contributed by atoms with Crippen molar-refractivity contribution < 1.29 is 4.79 Å². The summed E-state index contributed by atoms with van der Waals surface area (Å²) >= 11 is 0. The Hall–Kier alpha value is -1.70. The third kappa shape index (κ3) is 3.89. The van der Waals surface area contributed by atoms with E-state index in [9.17, 15) is 4.79 Å². The van der Waals surface area contributed by atoms with Gasteiger partial charge in [0.15, 0.2) is 5.78 Å². The Balaban J connectivity index is 1.91. The van der Waals surface area contributed by atoms with E-state index in [-0.39, 0.29) is 5.78 Å². The second-order valence-corrected chi connectivity index (χ2v) is 5.32.